The van der Waals surface area contributed by atoms with Crippen LogP contribution in [0.25, 0.3) is 0 Å². The molecular weight excluding hydrogens is 392 g/mol. The zero-order chi connectivity index (χ0) is 22.1. The van der Waals surface area contributed by atoms with Gasteiger partial charge in [-0.1, -0.05) is 61.4 Å². The highest BCUT2D eigenvalue weighted by atomic mass is 32.2. The molecule has 0 bridgehead atoms. The fourth-order valence-electron chi connectivity index (χ4n) is 3.11. The van der Waals surface area contributed by atoms with Crippen molar-refractivity contribution in [3.63, 3.8) is 0 Å². The largest absolute Gasteiger partial charge is 0.352 e. The molecule has 2 amide bonds. The van der Waals surface area contributed by atoms with Gasteiger partial charge in [-0.05, 0) is 51.3 Å². The number of carbonyl (C=O) groups excluding carboxylic acids is 2. The molecule has 0 aliphatic rings. The predicted octanol–water partition coefficient (Wildman–Crippen LogP) is 5.12. The van der Waals surface area contributed by atoms with Crippen molar-refractivity contribution in [2.24, 2.45) is 0 Å². The Balaban J connectivity index is 2.19. The van der Waals surface area contributed by atoms with E-state index < -0.39 is 6.04 Å². The summed E-state index contributed by atoms with van der Waals surface area (Å²) in [6.07, 6.45) is 1.44. The fraction of sp³-hybridized carbons (Fsp3) is 0.440. The van der Waals surface area contributed by atoms with Crippen LogP contribution in [0.2, 0.25) is 0 Å². The van der Waals surface area contributed by atoms with E-state index in [0.29, 0.717) is 18.7 Å². The third kappa shape index (κ3) is 7.21. The summed E-state index contributed by atoms with van der Waals surface area (Å²) in [5, 5.41) is 3.05. The lowest BCUT2D eigenvalue weighted by atomic mass is 10.1. The molecule has 2 atom stereocenters. The molecular formula is C25H34N2O2S. The molecule has 0 fully saturated rings. The predicted molar refractivity (Wildman–Crippen MR) is 126 cm³/mol. The maximum Gasteiger partial charge on any atom is 0.243 e. The quantitative estimate of drug-likeness (QED) is 0.537. The molecule has 0 saturated heterocycles. The number of nitrogens with one attached hydrogen (secondary N) is 1. The number of benzene rings is 2. The zero-order valence-electron chi connectivity index (χ0n) is 18.8. The van der Waals surface area contributed by atoms with E-state index in [1.54, 1.807) is 4.90 Å². The first-order chi connectivity index (χ1) is 14.3. The summed E-state index contributed by atoms with van der Waals surface area (Å²) in [6.45, 7) is 10.5. The van der Waals surface area contributed by atoms with Crippen molar-refractivity contribution < 1.29 is 9.59 Å². The van der Waals surface area contributed by atoms with E-state index >= 15 is 0 Å². The lowest BCUT2D eigenvalue weighted by molar-refractivity contribution is -0.139. The summed E-state index contributed by atoms with van der Waals surface area (Å²) >= 11 is 1.51. The van der Waals surface area contributed by atoms with Crippen molar-refractivity contribution in [1.82, 2.24) is 10.2 Å². The van der Waals surface area contributed by atoms with Crippen LogP contribution in [0, 0.1) is 13.8 Å². The Morgan fingerprint density at radius 3 is 2.03 bits per heavy atom. The number of rotatable bonds is 10. The van der Waals surface area contributed by atoms with Gasteiger partial charge >= 0.3 is 0 Å². The van der Waals surface area contributed by atoms with Crippen molar-refractivity contribution in [2.75, 3.05) is 5.75 Å². The highest BCUT2D eigenvalue weighted by Crippen LogP contribution is 2.21. The Labute approximate surface area is 185 Å². The number of amides is 2. The number of nitrogens with zero attached hydrogens (tertiary/aromatic N) is 1. The Morgan fingerprint density at radius 1 is 0.933 bits per heavy atom. The molecule has 0 aliphatic carbocycles. The van der Waals surface area contributed by atoms with Gasteiger partial charge in [0.25, 0.3) is 0 Å². The van der Waals surface area contributed by atoms with Gasteiger partial charge in [0, 0.05) is 17.5 Å². The van der Waals surface area contributed by atoms with Gasteiger partial charge in [0.15, 0.2) is 0 Å². The molecule has 0 spiro atoms. The molecule has 2 aromatic carbocycles. The summed E-state index contributed by atoms with van der Waals surface area (Å²) < 4.78 is 0. The van der Waals surface area contributed by atoms with Gasteiger partial charge in [-0.2, -0.15) is 0 Å². The number of hydrogen-bond acceptors (Lipinski definition) is 3. The SMILES string of the molecule is CC[C@@H](C)NC(=O)[C@@H](CC)N(Cc1ccc(C)cc1)C(=O)CSc1ccc(C)cc1. The summed E-state index contributed by atoms with van der Waals surface area (Å²) in [5.74, 6) is 0.210. The first-order valence-corrected chi connectivity index (χ1v) is 11.7. The Bertz CT molecular complexity index is 818. The van der Waals surface area contributed by atoms with E-state index in [1.807, 2.05) is 83.1 Å². The van der Waals surface area contributed by atoms with Gasteiger partial charge in [-0.3, -0.25) is 9.59 Å². The molecule has 2 aromatic rings. The molecule has 0 aromatic heterocycles. The summed E-state index contributed by atoms with van der Waals surface area (Å²) in [4.78, 5) is 29.0. The van der Waals surface area contributed by atoms with Crippen molar-refractivity contribution in [3.05, 3.63) is 65.2 Å². The average Bonchev–Trinajstić information content (AvgIpc) is 2.74. The molecule has 162 valence electrons. The molecule has 0 radical (unpaired) electrons. The molecule has 0 aliphatic heterocycles. The maximum atomic E-state index is 13.2. The highest BCUT2D eigenvalue weighted by molar-refractivity contribution is 8.00. The van der Waals surface area contributed by atoms with E-state index in [4.69, 9.17) is 0 Å². The van der Waals surface area contributed by atoms with Gasteiger partial charge in [0.1, 0.15) is 6.04 Å². The maximum absolute atomic E-state index is 13.2. The normalized spacial score (nSPS) is 12.8. The minimum Gasteiger partial charge on any atom is -0.352 e. The Morgan fingerprint density at radius 2 is 1.50 bits per heavy atom. The number of hydrogen-bond donors (Lipinski definition) is 1. The second kappa shape index (κ2) is 11.8. The summed E-state index contributed by atoms with van der Waals surface area (Å²) in [6, 6.07) is 15.9. The van der Waals surface area contributed by atoms with Gasteiger partial charge in [0.05, 0.1) is 5.75 Å². The van der Waals surface area contributed by atoms with Crippen molar-refractivity contribution in [2.45, 2.75) is 71.0 Å². The van der Waals surface area contributed by atoms with Crippen LogP contribution in [-0.4, -0.2) is 34.6 Å². The second-order valence-corrected chi connectivity index (χ2v) is 8.90. The van der Waals surface area contributed by atoms with Crippen LogP contribution in [0.1, 0.15) is 50.3 Å². The monoisotopic (exact) mass is 426 g/mol. The fourth-order valence-corrected chi connectivity index (χ4v) is 3.90. The number of thioether (sulfide) groups is 1. The van der Waals surface area contributed by atoms with Gasteiger partial charge < -0.3 is 10.2 Å². The van der Waals surface area contributed by atoms with Crippen molar-refractivity contribution in [3.8, 4) is 0 Å². The lowest BCUT2D eigenvalue weighted by Gasteiger charge is -2.31. The first kappa shape index (κ1) is 24.0. The molecule has 2 rings (SSSR count). The van der Waals surface area contributed by atoms with E-state index in [-0.39, 0.29) is 17.9 Å². The van der Waals surface area contributed by atoms with E-state index in [1.165, 1.54) is 22.9 Å². The molecule has 0 unspecified atom stereocenters. The Hall–Kier alpha value is -2.27. The van der Waals surface area contributed by atoms with Crippen LogP contribution in [-0.2, 0) is 16.1 Å². The van der Waals surface area contributed by atoms with E-state index in [0.717, 1.165) is 16.9 Å². The number of carbonyl (C=O) groups is 2. The minimum absolute atomic E-state index is 0.0210. The van der Waals surface area contributed by atoms with Crippen LogP contribution in [0.3, 0.4) is 0 Å². The molecule has 30 heavy (non-hydrogen) atoms. The topological polar surface area (TPSA) is 49.4 Å². The third-order valence-corrected chi connectivity index (χ3v) is 6.24. The molecule has 1 N–H and O–H groups in total. The molecule has 0 heterocycles. The standard InChI is InChI=1S/C25H34N2O2S/c1-6-20(5)26-25(29)23(7-2)27(16-21-12-8-18(3)9-13-21)24(28)17-30-22-14-10-19(4)11-15-22/h8-15,20,23H,6-7,16-17H2,1-5H3,(H,26,29)/t20-,23-/m1/s1. The molecule has 5 heteroatoms. The van der Waals surface area contributed by atoms with Crippen molar-refractivity contribution in [1.29, 1.82) is 0 Å². The van der Waals surface area contributed by atoms with Crippen LogP contribution in [0.15, 0.2) is 53.4 Å². The van der Waals surface area contributed by atoms with Gasteiger partial charge in [0.2, 0.25) is 11.8 Å². The van der Waals surface area contributed by atoms with Crippen LogP contribution >= 0.6 is 11.8 Å². The average molecular weight is 427 g/mol. The van der Waals surface area contributed by atoms with Crippen LogP contribution < -0.4 is 5.32 Å². The highest BCUT2D eigenvalue weighted by Gasteiger charge is 2.29. The summed E-state index contributed by atoms with van der Waals surface area (Å²) in [7, 11) is 0. The van der Waals surface area contributed by atoms with E-state index in [9.17, 15) is 9.59 Å². The molecule has 0 saturated carbocycles. The second-order valence-electron chi connectivity index (χ2n) is 7.85. The van der Waals surface area contributed by atoms with Gasteiger partial charge in [-0.25, -0.2) is 0 Å². The first-order valence-electron chi connectivity index (χ1n) is 10.7. The van der Waals surface area contributed by atoms with Gasteiger partial charge in [-0.15, -0.1) is 11.8 Å². The zero-order valence-corrected chi connectivity index (χ0v) is 19.6. The summed E-state index contributed by atoms with van der Waals surface area (Å²) in [5.41, 5.74) is 3.40. The van der Waals surface area contributed by atoms with Crippen LogP contribution in [0.5, 0.6) is 0 Å². The smallest absolute Gasteiger partial charge is 0.243 e. The third-order valence-electron chi connectivity index (χ3n) is 5.24. The van der Waals surface area contributed by atoms with E-state index in [2.05, 4.69) is 5.32 Å². The molecule has 4 nitrogen and oxygen atoms in total. The Kier molecular flexibility index (Phi) is 9.44. The minimum atomic E-state index is -0.480. The lowest BCUT2D eigenvalue weighted by Crippen LogP contribution is -2.51. The van der Waals surface area contributed by atoms with Crippen molar-refractivity contribution >= 4 is 23.6 Å². The number of aryl methyl sites for hydroxylation is 2. The van der Waals surface area contributed by atoms with Crippen LogP contribution in [0.4, 0.5) is 0 Å².